The van der Waals surface area contributed by atoms with Gasteiger partial charge in [-0.3, -0.25) is 10.1 Å². The van der Waals surface area contributed by atoms with Gasteiger partial charge in [0.25, 0.3) is 6.43 Å². The van der Waals surface area contributed by atoms with Crippen molar-refractivity contribution in [2.24, 2.45) is 0 Å². The van der Waals surface area contributed by atoms with Gasteiger partial charge in [0, 0.05) is 0 Å². The molecular weight excluding hydrogens is 319 g/mol. The Hall–Kier alpha value is -1.32. The first-order valence-electron chi connectivity index (χ1n) is 3.84. The molecule has 0 unspecified atom stereocenters. The van der Waals surface area contributed by atoms with Gasteiger partial charge >= 0.3 is 11.9 Å². The third-order valence-electron chi connectivity index (χ3n) is 1.68. The molecule has 0 bridgehead atoms. The largest absolute Gasteiger partial charge is 0.423 e. The van der Waals surface area contributed by atoms with E-state index in [9.17, 15) is 32.1 Å². The Balaban J connectivity index is 3.64. The molecule has 0 aliphatic carbocycles. The molecule has 0 amide bonds. The minimum absolute atomic E-state index is 0.282. The smallest absolute Gasteiger partial charge is 0.258 e. The topological polar surface area (TPSA) is 56.0 Å². The van der Waals surface area contributed by atoms with Crippen LogP contribution < -0.4 is 0 Å². The van der Waals surface area contributed by atoms with Crippen LogP contribution in [0.5, 0.6) is 0 Å². The third-order valence-corrected chi connectivity index (χ3v) is 2.09. The first kappa shape index (κ1) is 13.7. The lowest BCUT2D eigenvalue weighted by molar-refractivity contribution is -0.389. The van der Waals surface area contributed by atoms with Gasteiger partial charge in [-0.15, -0.1) is 0 Å². The van der Waals surface area contributed by atoms with Crippen molar-refractivity contribution in [2.45, 2.75) is 12.6 Å². The molecule has 1 rings (SSSR count). The van der Waals surface area contributed by atoms with Crippen LogP contribution >= 0.6 is 15.9 Å². The number of nitrogens with zero attached hydrogens (tertiary/aromatic N) is 2. The second kappa shape index (κ2) is 4.51. The number of pyridine rings is 1. The normalized spacial score (nSPS) is 11.9. The van der Waals surface area contributed by atoms with Gasteiger partial charge in [-0.1, -0.05) is 0 Å². The van der Waals surface area contributed by atoms with Gasteiger partial charge < -0.3 is 0 Å². The summed E-state index contributed by atoms with van der Waals surface area (Å²) in [6, 6.07) is 0.282. The predicted octanol–water partition coefficient (Wildman–Crippen LogP) is 3.71. The summed E-state index contributed by atoms with van der Waals surface area (Å²) in [6.45, 7) is 0. The molecule has 94 valence electrons. The standard InChI is InChI=1S/C7H2BrF5N2O2/c8-3-1-2(7(11,12)13)5(15(16)17)4(14-3)6(9)10/h1,6H. The van der Waals surface area contributed by atoms with Crippen molar-refractivity contribution in [2.75, 3.05) is 0 Å². The molecule has 0 spiro atoms. The second-order valence-corrected chi connectivity index (χ2v) is 3.59. The molecule has 4 nitrogen and oxygen atoms in total. The molecular formula is C7H2BrF5N2O2. The van der Waals surface area contributed by atoms with Crippen LogP contribution in [-0.2, 0) is 6.18 Å². The summed E-state index contributed by atoms with van der Waals surface area (Å²) in [5, 5.41) is 10.4. The van der Waals surface area contributed by atoms with E-state index in [-0.39, 0.29) is 6.07 Å². The number of aromatic nitrogens is 1. The number of halogens is 6. The van der Waals surface area contributed by atoms with E-state index in [1.54, 1.807) is 0 Å². The Bertz CT molecular complexity index is 462. The number of hydrogen-bond donors (Lipinski definition) is 0. The monoisotopic (exact) mass is 320 g/mol. The predicted molar refractivity (Wildman–Crippen MR) is 48.6 cm³/mol. The minimum atomic E-state index is -5.11. The summed E-state index contributed by atoms with van der Waals surface area (Å²) in [5.74, 6) is 0. The fourth-order valence-electron chi connectivity index (χ4n) is 1.09. The summed E-state index contributed by atoms with van der Waals surface area (Å²) in [5.41, 5.74) is -5.01. The summed E-state index contributed by atoms with van der Waals surface area (Å²) in [6.07, 6.45) is -8.59. The van der Waals surface area contributed by atoms with Gasteiger partial charge in [0.15, 0.2) is 5.69 Å². The third kappa shape index (κ3) is 2.87. The highest BCUT2D eigenvalue weighted by atomic mass is 79.9. The average molecular weight is 321 g/mol. The molecule has 0 fully saturated rings. The van der Waals surface area contributed by atoms with Crippen molar-refractivity contribution in [1.82, 2.24) is 4.98 Å². The number of nitro groups is 1. The lowest BCUT2D eigenvalue weighted by Gasteiger charge is -2.10. The SMILES string of the molecule is O=[N+]([O-])c1c(C(F)(F)F)cc(Br)nc1C(F)F. The molecule has 10 heteroatoms. The molecule has 0 saturated carbocycles. The Kier molecular flexibility index (Phi) is 3.65. The molecule has 17 heavy (non-hydrogen) atoms. The molecule has 0 aromatic carbocycles. The van der Waals surface area contributed by atoms with E-state index in [1.165, 1.54) is 0 Å². The van der Waals surface area contributed by atoms with E-state index in [4.69, 9.17) is 0 Å². The molecule has 0 saturated heterocycles. The van der Waals surface area contributed by atoms with Crippen molar-refractivity contribution in [1.29, 1.82) is 0 Å². The zero-order valence-corrected chi connectivity index (χ0v) is 9.22. The first-order chi connectivity index (χ1) is 7.64. The fourth-order valence-corrected chi connectivity index (χ4v) is 1.51. The van der Waals surface area contributed by atoms with Gasteiger partial charge in [0.1, 0.15) is 10.2 Å². The Morgan fingerprint density at radius 2 is 1.94 bits per heavy atom. The quantitative estimate of drug-likeness (QED) is 0.361. The number of alkyl halides is 5. The zero-order chi connectivity index (χ0) is 13.4. The van der Waals surface area contributed by atoms with Gasteiger partial charge in [-0.2, -0.15) is 13.2 Å². The Morgan fingerprint density at radius 3 is 2.29 bits per heavy atom. The van der Waals surface area contributed by atoms with E-state index in [0.717, 1.165) is 0 Å². The van der Waals surface area contributed by atoms with Crippen molar-refractivity contribution in [3.8, 4) is 0 Å². The van der Waals surface area contributed by atoms with Crippen molar-refractivity contribution < 1.29 is 26.9 Å². The molecule has 0 N–H and O–H groups in total. The lowest BCUT2D eigenvalue weighted by atomic mass is 10.1. The Morgan fingerprint density at radius 1 is 1.41 bits per heavy atom. The van der Waals surface area contributed by atoms with Crippen LogP contribution in [0.15, 0.2) is 10.7 Å². The van der Waals surface area contributed by atoms with E-state index < -0.39 is 39.1 Å². The van der Waals surface area contributed by atoms with Crippen molar-refractivity contribution >= 4 is 21.6 Å². The maximum atomic E-state index is 12.4. The molecule has 1 aromatic heterocycles. The van der Waals surface area contributed by atoms with Gasteiger partial charge in [-0.25, -0.2) is 13.8 Å². The maximum Gasteiger partial charge on any atom is 0.423 e. The molecule has 0 radical (unpaired) electrons. The van der Waals surface area contributed by atoms with Gasteiger partial charge in [0.2, 0.25) is 0 Å². The summed E-state index contributed by atoms with van der Waals surface area (Å²) in [7, 11) is 0. The fraction of sp³-hybridized carbons (Fsp3) is 0.286. The van der Waals surface area contributed by atoms with Crippen LogP contribution in [0.2, 0.25) is 0 Å². The van der Waals surface area contributed by atoms with Crippen LogP contribution in [-0.4, -0.2) is 9.91 Å². The molecule has 0 aliphatic heterocycles. The van der Waals surface area contributed by atoms with E-state index in [1.807, 2.05) is 0 Å². The first-order valence-corrected chi connectivity index (χ1v) is 4.64. The minimum Gasteiger partial charge on any atom is -0.258 e. The van der Waals surface area contributed by atoms with Crippen LogP contribution in [0.25, 0.3) is 0 Å². The summed E-state index contributed by atoms with van der Waals surface area (Å²) in [4.78, 5) is 11.9. The Labute approximate surface area is 98.7 Å². The van der Waals surface area contributed by atoms with E-state index >= 15 is 0 Å². The molecule has 1 aromatic rings. The highest BCUT2D eigenvalue weighted by Gasteiger charge is 2.42. The number of rotatable bonds is 2. The lowest BCUT2D eigenvalue weighted by Crippen LogP contribution is -2.12. The van der Waals surface area contributed by atoms with E-state index in [2.05, 4.69) is 20.9 Å². The van der Waals surface area contributed by atoms with Gasteiger partial charge in [0.05, 0.1) is 4.92 Å². The molecule has 1 heterocycles. The second-order valence-electron chi connectivity index (χ2n) is 2.78. The highest BCUT2D eigenvalue weighted by molar-refractivity contribution is 9.10. The summed E-state index contributed by atoms with van der Waals surface area (Å²) >= 11 is 2.49. The molecule has 0 atom stereocenters. The van der Waals surface area contributed by atoms with Gasteiger partial charge in [-0.05, 0) is 22.0 Å². The zero-order valence-electron chi connectivity index (χ0n) is 7.63. The summed E-state index contributed by atoms with van der Waals surface area (Å²) < 4.78 is 61.5. The van der Waals surface area contributed by atoms with Crippen LogP contribution in [0.1, 0.15) is 17.7 Å². The van der Waals surface area contributed by atoms with Crippen LogP contribution in [0, 0.1) is 10.1 Å². The van der Waals surface area contributed by atoms with Crippen molar-refractivity contribution in [3.05, 3.63) is 32.0 Å². The molecule has 0 aliphatic rings. The van der Waals surface area contributed by atoms with E-state index in [0.29, 0.717) is 0 Å². The number of hydrogen-bond acceptors (Lipinski definition) is 3. The highest BCUT2D eigenvalue weighted by Crippen LogP contribution is 2.41. The van der Waals surface area contributed by atoms with Crippen LogP contribution in [0.4, 0.5) is 27.6 Å². The van der Waals surface area contributed by atoms with Crippen LogP contribution in [0.3, 0.4) is 0 Å². The van der Waals surface area contributed by atoms with Crippen molar-refractivity contribution in [3.63, 3.8) is 0 Å². The maximum absolute atomic E-state index is 12.4. The average Bonchev–Trinajstić information content (AvgIpc) is 2.14.